The number of hydrogen-bond acceptors (Lipinski definition) is 3. The number of carbonyl (C=O) groups excluding carboxylic acids is 2. The lowest BCUT2D eigenvalue weighted by atomic mass is 10.2. The van der Waals surface area contributed by atoms with Crippen LogP contribution in [0.1, 0.15) is 5.56 Å². The zero-order valence-corrected chi connectivity index (χ0v) is 14.8. The first-order valence-electron chi connectivity index (χ1n) is 6.94. The first-order valence-corrected chi connectivity index (χ1v) is 8.68. The number of anilines is 1. The minimum atomic E-state index is -0.618. The van der Waals surface area contributed by atoms with Gasteiger partial charge in [-0.3, -0.25) is 4.79 Å². The Morgan fingerprint density at radius 1 is 1.08 bits per heavy atom. The monoisotopic (exact) mass is 383 g/mol. The highest BCUT2D eigenvalue weighted by atomic mass is 35.5. The maximum atomic E-state index is 11.9. The Morgan fingerprint density at radius 3 is 2.46 bits per heavy atom. The van der Waals surface area contributed by atoms with Gasteiger partial charge in [0.15, 0.2) is 0 Å². The van der Waals surface area contributed by atoms with E-state index in [1.54, 1.807) is 42.5 Å². The van der Waals surface area contributed by atoms with Crippen LogP contribution in [0.5, 0.6) is 0 Å². The van der Waals surface area contributed by atoms with E-state index in [4.69, 9.17) is 28.9 Å². The van der Waals surface area contributed by atoms with Crippen molar-refractivity contribution in [1.29, 1.82) is 0 Å². The molecule has 0 saturated carbocycles. The van der Waals surface area contributed by atoms with E-state index in [0.717, 1.165) is 10.5 Å². The van der Waals surface area contributed by atoms with Gasteiger partial charge in [0.2, 0.25) is 5.91 Å². The number of primary amides is 1. The SMILES string of the molecule is NC(=O)Nc1ccc(CNC(=O)CSc2cc(Cl)ccc2Cl)cc1. The number of benzene rings is 2. The van der Waals surface area contributed by atoms with Crippen LogP contribution in [0.3, 0.4) is 0 Å². The summed E-state index contributed by atoms with van der Waals surface area (Å²) in [4.78, 5) is 23.4. The molecule has 0 spiro atoms. The molecule has 0 aliphatic heterocycles. The van der Waals surface area contributed by atoms with Gasteiger partial charge in [-0.05, 0) is 35.9 Å². The van der Waals surface area contributed by atoms with Gasteiger partial charge in [-0.1, -0.05) is 35.3 Å². The van der Waals surface area contributed by atoms with Crippen molar-refractivity contribution in [1.82, 2.24) is 5.32 Å². The lowest BCUT2D eigenvalue weighted by Crippen LogP contribution is -2.24. The molecule has 24 heavy (non-hydrogen) atoms. The Labute approximate surface area is 153 Å². The van der Waals surface area contributed by atoms with Crippen LogP contribution in [0.4, 0.5) is 10.5 Å². The van der Waals surface area contributed by atoms with Crippen molar-refractivity contribution >= 4 is 52.6 Å². The summed E-state index contributed by atoms with van der Waals surface area (Å²) in [6, 6.07) is 11.5. The van der Waals surface area contributed by atoms with Crippen LogP contribution in [-0.4, -0.2) is 17.7 Å². The molecule has 5 nitrogen and oxygen atoms in total. The molecule has 2 aromatic carbocycles. The van der Waals surface area contributed by atoms with E-state index in [2.05, 4.69) is 10.6 Å². The van der Waals surface area contributed by atoms with E-state index in [0.29, 0.717) is 22.3 Å². The highest BCUT2D eigenvalue weighted by Crippen LogP contribution is 2.29. The smallest absolute Gasteiger partial charge is 0.316 e. The number of hydrogen-bond donors (Lipinski definition) is 3. The summed E-state index contributed by atoms with van der Waals surface area (Å²) in [5, 5.41) is 6.43. The highest BCUT2D eigenvalue weighted by Gasteiger charge is 2.07. The molecule has 8 heteroatoms. The zero-order chi connectivity index (χ0) is 17.5. The van der Waals surface area contributed by atoms with Crippen LogP contribution < -0.4 is 16.4 Å². The maximum absolute atomic E-state index is 11.9. The minimum absolute atomic E-state index is 0.115. The van der Waals surface area contributed by atoms with E-state index in [1.165, 1.54) is 11.8 Å². The number of thioether (sulfide) groups is 1. The van der Waals surface area contributed by atoms with Crippen LogP contribution in [0.2, 0.25) is 10.0 Å². The number of nitrogens with one attached hydrogen (secondary N) is 2. The minimum Gasteiger partial charge on any atom is -0.351 e. The summed E-state index contributed by atoms with van der Waals surface area (Å²) < 4.78 is 0. The molecule has 3 amide bonds. The number of nitrogens with two attached hydrogens (primary N) is 1. The van der Waals surface area contributed by atoms with Gasteiger partial charge in [-0.2, -0.15) is 0 Å². The zero-order valence-electron chi connectivity index (χ0n) is 12.5. The summed E-state index contributed by atoms with van der Waals surface area (Å²) in [5.41, 5.74) is 6.54. The van der Waals surface area contributed by atoms with E-state index in [1.807, 2.05) is 0 Å². The number of carbonyl (C=O) groups is 2. The van der Waals surface area contributed by atoms with Crippen molar-refractivity contribution in [2.75, 3.05) is 11.1 Å². The first kappa shape index (κ1) is 18.4. The molecular formula is C16H15Cl2N3O2S. The highest BCUT2D eigenvalue weighted by molar-refractivity contribution is 8.00. The summed E-state index contributed by atoms with van der Waals surface area (Å²) in [7, 11) is 0. The summed E-state index contributed by atoms with van der Waals surface area (Å²) in [5.74, 6) is 0.122. The predicted octanol–water partition coefficient (Wildman–Crippen LogP) is 3.89. The standard InChI is InChI=1S/C16H15Cl2N3O2S/c17-11-3-6-13(18)14(7-11)24-9-15(22)20-8-10-1-4-12(5-2-10)21-16(19)23/h1-7H,8-9H2,(H,20,22)(H3,19,21,23). The fourth-order valence-corrected chi connectivity index (χ4v) is 3.15. The fraction of sp³-hybridized carbons (Fsp3) is 0.125. The van der Waals surface area contributed by atoms with E-state index in [9.17, 15) is 9.59 Å². The number of urea groups is 1. The molecule has 0 atom stereocenters. The molecular weight excluding hydrogens is 369 g/mol. The summed E-state index contributed by atoms with van der Waals surface area (Å²) in [6.07, 6.45) is 0. The molecule has 126 valence electrons. The molecule has 0 fully saturated rings. The van der Waals surface area contributed by atoms with Crippen molar-refractivity contribution in [3.8, 4) is 0 Å². The molecule has 0 radical (unpaired) electrons. The molecule has 0 unspecified atom stereocenters. The molecule has 2 rings (SSSR count). The molecule has 0 aliphatic carbocycles. The van der Waals surface area contributed by atoms with Crippen LogP contribution in [0.15, 0.2) is 47.4 Å². The molecule has 0 heterocycles. The topological polar surface area (TPSA) is 84.2 Å². The second-order valence-corrected chi connectivity index (χ2v) is 6.69. The van der Waals surface area contributed by atoms with Gasteiger partial charge >= 0.3 is 6.03 Å². The molecule has 4 N–H and O–H groups in total. The van der Waals surface area contributed by atoms with Crippen LogP contribution >= 0.6 is 35.0 Å². The number of rotatable bonds is 6. The third kappa shape index (κ3) is 5.96. The quantitative estimate of drug-likeness (QED) is 0.661. The third-order valence-corrected chi connectivity index (χ3v) is 4.70. The predicted molar refractivity (Wildman–Crippen MR) is 98.7 cm³/mol. The van der Waals surface area contributed by atoms with Crippen molar-refractivity contribution in [3.63, 3.8) is 0 Å². The molecule has 0 aromatic heterocycles. The summed E-state index contributed by atoms with van der Waals surface area (Å²) >= 11 is 13.3. The average molecular weight is 384 g/mol. The normalized spacial score (nSPS) is 10.2. The van der Waals surface area contributed by atoms with Crippen LogP contribution in [0, 0.1) is 0 Å². The Balaban J connectivity index is 1.80. The lowest BCUT2D eigenvalue weighted by Gasteiger charge is -2.08. The van der Waals surface area contributed by atoms with Gasteiger partial charge in [-0.25, -0.2) is 4.79 Å². The molecule has 0 bridgehead atoms. The van der Waals surface area contributed by atoms with Crippen molar-refractivity contribution < 1.29 is 9.59 Å². The van der Waals surface area contributed by atoms with Crippen molar-refractivity contribution in [2.24, 2.45) is 5.73 Å². The van der Waals surface area contributed by atoms with E-state index >= 15 is 0 Å². The van der Waals surface area contributed by atoms with Gasteiger partial charge in [0.25, 0.3) is 0 Å². The first-order chi connectivity index (χ1) is 11.4. The second kappa shape index (κ2) is 8.82. The Bertz CT molecular complexity index is 739. The summed E-state index contributed by atoms with van der Waals surface area (Å²) in [6.45, 7) is 0.388. The Hall–Kier alpha value is -1.89. The lowest BCUT2D eigenvalue weighted by molar-refractivity contribution is -0.118. The second-order valence-electron chi connectivity index (χ2n) is 4.83. The van der Waals surface area contributed by atoms with Crippen molar-refractivity contribution in [2.45, 2.75) is 11.4 Å². The maximum Gasteiger partial charge on any atom is 0.316 e. The van der Waals surface area contributed by atoms with E-state index in [-0.39, 0.29) is 11.7 Å². The van der Waals surface area contributed by atoms with Gasteiger partial charge in [0.05, 0.1) is 10.8 Å². The van der Waals surface area contributed by atoms with Crippen molar-refractivity contribution in [3.05, 3.63) is 58.1 Å². The fourth-order valence-electron chi connectivity index (χ4n) is 1.83. The van der Waals surface area contributed by atoms with E-state index < -0.39 is 6.03 Å². The third-order valence-electron chi connectivity index (χ3n) is 2.96. The van der Waals surface area contributed by atoms with Gasteiger partial charge in [0, 0.05) is 22.2 Å². The van der Waals surface area contributed by atoms with Crippen LogP contribution in [0.25, 0.3) is 0 Å². The Morgan fingerprint density at radius 2 is 1.79 bits per heavy atom. The molecule has 0 aliphatic rings. The molecule has 0 saturated heterocycles. The molecule has 2 aromatic rings. The number of halogens is 2. The van der Waals surface area contributed by atoms with Crippen LogP contribution in [-0.2, 0) is 11.3 Å². The van der Waals surface area contributed by atoms with Gasteiger partial charge in [0.1, 0.15) is 0 Å². The largest absolute Gasteiger partial charge is 0.351 e. The van der Waals surface area contributed by atoms with Gasteiger partial charge in [-0.15, -0.1) is 11.8 Å². The van der Waals surface area contributed by atoms with Gasteiger partial charge < -0.3 is 16.4 Å². The average Bonchev–Trinajstić information content (AvgIpc) is 2.54. The number of amides is 3. The Kier molecular flexibility index (Phi) is 6.78.